The minimum Gasteiger partial charge on any atom is -0.369 e. The molecule has 3 heterocycles. The summed E-state index contributed by atoms with van der Waals surface area (Å²) in [6.45, 7) is 4.06. The SMILES string of the molecule is CN1CCN(c2ccc(Nc3nc(-c4cccc(NC(=O)c5csnn5)c4)sc3C(N)=O)cc2)CC1. The number of hydrogen-bond acceptors (Lipinski definition) is 10. The zero-order valence-corrected chi connectivity index (χ0v) is 21.1. The summed E-state index contributed by atoms with van der Waals surface area (Å²) in [4.78, 5) is 34.1. The maximum Gasteiger partial charge on any atom is 0.277 e. The van der Waals surface area contributed by atoms with Gasteiger partial charge in [-0.15, -0.1) is 16.4 Å². The van der Waals surface area contributed by atoms with Gasteiger partial charge in [-0.3, -0.25) is 9.59 Å². The molecule has 1 aliphatic heterocycles. The lowest BCUT2D eigenvalue weighted by Crippen LogP contribution is -2.44. The molecule has 2 aromatic heterocycles. The smallest absolute Gasteiger partial charge is 0.277 e. The molecule has 0 spiro atoms. The molecule has 0 aliphatic carbocycles. The van der Waals surface area contributed by atoms with E-state index in [-0.39, 0.29) is 11.6 Å². The van der Waals surface area contributed by atoms with E-state index in [9.17, 15) is 9.59 Å². The Morgan fingerprint density at radius 3 is 2.50 bits per heavy atom. The first-order valence-electron chi connectivity index (χ1n) is 11.3. The molecule has 1 fully saturated rings. The van der Waals surface area contributed by atoms with Crippen molar-refractivity contribution >= 4 is 57.6 Å². The summed E-state index contributed by atoms with van der Waals surface area (Å²) < 4.78 is 3.71. The second kappa shape index (κ2) is 10.4. The van der Waals surface area contributed by atoms with E-state index in [2.05, 4.69) is 54.2 Å². The van der Waals surface area contributed by atoms with E-state index in [1.165, 1.54) is 11.3 Å². The van der Waals surface area contributed by atoms with Gasteiger partial charge in [-0.05, 0) is 55.0 Å². The Hall–Kier alpha value is -3.87. The zero-order chi connectivity index (χ0) is 25.1. The van der Waals surface area contributed by atoms with Crippen LogP contribution in [0.3, 0.4) is 0 Å². The highest BCUT2D eigenvalue weighted by Crippen LogP contribution is 2.34. The second-order valence-corrected chi connectivity index (χ2v) is 9.96. The summed E-state index contributed by atoms with van der Waals surface area (Å²) in [6.07, 6.45) is 0. The molecule has 0 radical (unpaired) electrons. The van der Waals surface area contributed by atoms with E-state index in [0.29, 0.717) is 21.4 Å². The number of amides is 2. The molecule has 0 bridgehead atoms. The van der Waals surface area contributed by atoms with Crippen molar-refractivity contribution in [2.45, 2.75) is 0 Å². The van der Waals surface area contributed by atoms with E-state index < -0.39 is 5.91 Å². The summed E-state index contributed by atoms with van der Waals surface area (Å²) in [5, 5.41) is 12.0. The average molecular weight is 521 g/mol. The van der Waals surface area contributed by atoms with Gasteiger partial charge in [0, 0.05) is 54.2 Å². The number of hydrogen-bond donors (Lipinski definition) is 3. The number of carbonyl (C=O) groups excluding carboxylic acids is 2. The molecule has 5 rings (SSSR count). The maximum absolute atomic E-state index is 12.3. The Morgan fingerprint density at radius 2 is 1.81 bits per heavy atom. The molecular formula is C24H24N8O2S2. The Bertz CT molecular complexity index is 1360. The molecule has 0 saturated carbocycles. The van der Waals surface area contributed by atoms with Crippen LogP contribution in [-0.4, -0.2) is 64.5 Å². The molecule has 0 atom stereocenters. The fourth-order valence-electron chi connectivity index (χ4n) is 3.84. The van der Waals surface area contributed by atoms with Crippen molar-refractivity contribution in [1.82, 2.24) is 19.5 Å². The molecule has 0 unspecified atom stereocenters. The third kappa shape index (κ3) is 5.35. The number of piperazine rings is 1. The molecule has 10 nitrogen and oxygen atoms in total. The third-order valence-corrected chi connectivity index (χ3v) is 7.43. The van der Waals surface area contributed by atoms with Crippen LogP contribution in [0.5, 0.6) is 0 Å². The van der Waals surface area contributed by atoms with E-state index in [4.69, 9.17) is 5.73 Å². The molecule has 4 N–H and O–H groups in total. The first kappa shape index (κ1) is 23.9. The standard InChI is InChI=1S/C24H24N8O2S2/c1-31-9-11-32(12-10-31)18-7-5-16(6-8-18)26-22-20(21(25)33)36-24(28-22)15-3-2-4-17(13-15)27-23(34)19-14-35-30-29-19/h2-8,13-14,26H,9-12H2,1H3,(H2,25,33)(H,27,34). The lowest BCUT2D eigenvalue weighted by molar-refractivity contribution is 0.100. The van der Waals surface area contributed by atoms with Gasteiger partial charge in [0.1, 0.15) is 9.88 Å². The van der Waals surface area contributed by atoms with Crippen molar-refractivity contribution in [3.05, 3.63) is 64.5 Å². The topological polar surface area (TPSA) is 129 Å². The van der Waals surface area contributed by atoms with E-state index >= 15 is 0 Å². The van der Waals surface area contributed by atoms with Gasteiger partial charge in [-0.25, -0.2) is 4.98 Å². The summed E-state index contributed by atoms with van der Waals surface area (Å²) in [5.74, 6) is -0.506. The molecule has 184 valence electrons. The monoisotopic (exact) mass is 520 g/mol. The van der Waals surface area contributed by atoms with Crippen LogP contribution >= 0.6 is 22.9 Å². The van der Waals surface area contributed by atoms with Crippen molar-refractivity contribution in [3.63, 3.8) is 0 Å². The van der Waals surface area contributed by atoms with Gasteiger partial charge < -0.3 is 26.2 Å². The number of likely N-dealkylation sites (N-methyl/N-ethyl adjacent to an activating group) is 1. The normalized spacial score (nSPS) is 14.0. The van der Waals surface area contributed by atoms with Crippen LogP contribution in [-0.2, 0) is 0 Å². The lowest BCUT2D eigenvalue weighted by Gasteiger charge is -2.34. The van der Waals surface area contributed by atoms with E-state index in [1.54, 1.807) is 23.6 Å². The number of rotatable bonds is 7. The predicted octanol–water partition coefficient (Wildman–Crippen LogP) is 3.51. The van der Waals surface area contributed by atoms with Crippen LogP contribution in [0.1, 0.15) is 20.2 Å². The van der Waals surface area contributed by atoms with Crippen LogP contribution in [0.4, 0.5) is 22.9 Å². The fourth-order valence-corrected chi connectivity index (χ4v) is 5.15. The number of aromatic nitrogens is 3. The number of anilines is 4. The Balaban J connectivity index is 1.33. The average Bonchev–Trinajstić information content (AvgIpc) is 3.56. The van der Waals surface area contributed by atoms with Gasteiger partial charge in [0.2, 0.25) is 0 Å². The number of nitrogens with zero attached hydrogens (tertiary/aromatic N) is 5. The van der Waals surface area contributed by atoms with Gasteiger partial charge >= 0.3 is 0 Å². The number of benzene rings is 2. The minimum atomic E-state index is -0.559. The highest BCUT2D eigenvalue weighted by Gasteiger charge is 2.19. The van der Waals surface area contributed by atoms with Gasteiger partial charge in [0.15, 0.2) is 11.5 Å². The van der Waals surface area contributed by atoms with Crippen LogP contribution in [0, 0.1) is 0 Å². The molecule has 36 heavy (non-hydrogen) atoms. The van der Waals surface area contributed by atoms with Crippen molar-refractivity contribution in [1.29, 1.82) is 0 Å². The van der Waals surface area contributed by atoms with Crippen LogP contribution in [0.2, 0.25) is 0 Å². The first-order valence-corrected chi connectivity index (χ1v) is 12.9. The van der Waals surface area contributed by atoms with Crippen molar-refractivity contribution < 1.29 is 9.59 Å². The molecule has 12 heteroatoms. The fraction of sp³-hybridized carbons (Fsp3) is 0.208. The van der Waals surface area contributed by atoms with Crippen LogP contribution in [0.15, 0.2) is 53.9 Å². The number of nitrogens with two attached hydrogens (primary N) is 1. The molecule has 1 saturated heterocycles. The van der Waals surface area contributed by atoms with Gasteiger partial charge in [-0.2, -0.15) is 0 Å². The minimum absolute atomic E-state index is 0.251. The largest absolute Gasteiger partial charge is 0.369 e. The van der Waals surface area contributed by atoms with Crippen molar-refractivity contribution in [2.75, 3.05) is 48.8 Å². The number of carbonyl (C=O) groups is 2. The highest BCUT2D eigenvalue weighted by atomic mass is 32.1. The summed E-state index contributed by atoms with van der Waals surface area (Å²) in [7, 11) is 2.13. The number of nitrogens with one attached hydrogen (secondary N) is 2. The molecular weight excluding hydrogens is 496 g/mol. The Labute approximate surface area is 215 Å². The van der Waals surface area contributed by atoms with Gasteiger partial charge in [0.05, 0.1) is 0 Å². The number of thiazole rings is 1. The van der Waals surface area contributed by atoms with Crippen molar-refractivity contribution in [3.8, 4) is 10.6 Å². The zero-order valence-electron chi connectivity index (χ0n) is 19.5. The molecule has 4 aromatic rings. The lowest BCUT2D eigenvalue weighted by atomic mass is 10.2. The van der Waals surface area contributed by atoms with Gasteiger partial charge in [-0.1, -0.05) is 16.6 Å². The quantitative estimate of drug-likeness (QED) is 0.338. The van der Waals surface area contributed by atoms with Gasteiger partial charge in [0.25, 0.3) is 11.8 Å². The van der Waals surface area contributed by atoms with E-state index in [0.717, 1.165) is 54.6 Å². The summed E-state index contributed by atoms with van der Waals surface area (Å²) in [5.41, 5.74) is 9.20. The Kier molecular flexibility index (Phi) is 6.89. The van der Waals surface area contributed by atoms with E-state index in [1.807, 2.05) is 18.2 Å². The predicted molar refractivity (Wildman–Crippen MR) is 143 cm³/mol. The molecule has 2 aromatic carbocycles. The van der Waals surface area contributed by atoms with Crippen molar-refractivity contribution in [2.24, 2.45) is 5.73 Å². The Morgan fingerprint density at radius 1 is 1.03 bits per heavy atom. The second-order valence-electron chi connectivity index (χ2n) is 8.35. The van der Waals surface area contributed by atoms with Crippen LogP contribution < -0.4 is 21.3 Å². The first-order chi connectivity index (χ1) is 17.5. The van der Waals surface area contributed by atoms with Crippen LogP contribution in [0.25, 0.3) is 10.6 Å². The third-order valence-electron chi connectivity index (χ3n) is 5.81. The molecule has 1 aliphatic rings. The number of primary amides is 1. The summed E-state index contributed by atoms with van der Waals surface area (Å²) >= 11 is 2.31. The molecule has 2 amide bonds. The summed E-state index contributed by atoms with van der Waals surface area (Å²) in [6, 6.07) is 15.3. The highest BCUT2D eigenvalue weighted by molar-refractivity contribution is 7.17. The maximum atomic E-state index is 12.3.